The molecule has 0 bridgehead atoms. The molecule has 0 fully saturated rings. The highest BCUT2D eigenvalue weighted by Crippen LogP contribution is 2.47. The second-order valence-electron chi connectivity index (χ2n) is 28.6. The van der Waals surface area contributed by atoms with E-state index >= 15 is 0 Å². The Labute approximate surface area is 433 Å². The highest BCUT2D eigenvalue weighted by molar-refractivity contribution is 6.14. The first kappa shape index (κ1) is 51.1. The van der Waals surface area contributed by atoms with Gasteiger partial charge in [-0.1, -0.05) is 218 Å². The highest BCUT2D eigenvalue weighted by Gasteiger charge is 2.31. The first-order valence-electron chi connectivity index (χ1n) is 26.8. The Balaban J connectivity index is 1.45. The molecule has 2 nitrogen and oxygen atoms in total. The topological polar surface area (TPSA) is 9.86 Å². The number of rotatable bonds is 4. The second-order valence-corrected chi connectivity index (χ2v) is 28.6. The minimum Gasteiger partial charge on any atom is -0.309 e. The fraction of sp³-hybridized carbons (Fsp3) is 0.400. The van der Waals surface area contributed by atoms with Crippen molar-refractivity contribution in [1.29, 1.82) is 0 Å². The van der Waals surface area contributed by atoms with Crippen molar-refractivity contribution in [2.24, 2.45) is 0 Å². The molecule has 2 heterocycles. The maximum Gasteiger partial charge on any atom is 0.0599 e. The van der Waals surface area contributed by atoms with Crippen molar-refractivity contribution in [3.05, 3.63) is 166 Å². The van der Waals surface area contributed by atoms with Gasteiger partial charge in [-0.05, 0) is 148 Å². The van der Waals surface area contributed by atoms with Crippen LogP contribution in [0.25, 0.3) is 77.2 Å². The fourth-order valence-corrected chi connectivity index (χ4v) is 10.9. The molecular formula is C70H84N2. The Hall–Kier alpha value is -5.86. The summed E-state index contributed by atoms with van der Waals surface area (Å²) in [6.07, 6.45) is 0. The van der Waals surface area contributed by atoms with Gasteiger partial charge in [-0.3, -0.25) is 0 Å². The molecule has 0 saturated carbocycles. The lowest BCUT2D eigenvalue weighted by Crippen LogP contribution is -2.17. The average Bonchev–Trinajstić information content (AvgIpc) is 3.78. The van der Waals surface area contributed by atoms with Crippen LogP contribution < -0.4 is 0 Å². The Kier molecular flexibility index (Phi) is 11.9. The third-order valence-electron chi connectivity index (χ3n) is 15.5. The molecular weight excluding hydrogens is 869 g/mol. The third kappa shape index (κ3) is 9.26. The molecule has 0 aliphatic heterocycles. The van der Waals surface area contributed by atoms with Gasteiger partial charge in [0.2, 0.25) is 0 Å². The van der Waals surface area contributed by atoms with Crippen molar-refractivity contribution >= 4 is 43.6 Å². The molecule has 72 heavy (non-hydrogen) atoms. The van der Waals surface area contributed by atoms with Crippen LogP contribution >= 0.6 is 0 Å². The number of aromatic nitrogens is 2. The van der Waals surface area contributed by atoms with E-state index < -0.39 is 0 Å². The van der Waals surface area contributed by atoms with Gasteiger partial charge in [0.25, 0.3) is 0 Å². The summed E-state index contributed by atoms with van der Waals surface area (Å²) in [5.41, 5.74) is 21.4. The number of nitrogens with zero attached hydrogens (tertiary/aromatic N) is 2. The van der Waals surface area contributed by atoms with Gasteiger partial charge in [-0.25, -0.2) is 0 Å². The van der Waals surface area contributed by atoms with Crippen molar-refractivity contribution in [1.82, 2.24) is 9.13 Å². The molecule has 0 aliphatic carbocycles. The molecule has 0 unspecified atom stereocenters. The van der Waals surface area contributed by atoms with Crippen LogP contribution in [0.15, 0.2) is 127 Å². The smallest absolute Gasteiger partial charge is 0.0599 e. The van der Waals surface area contributed by atoms with Gasteiger partial charge in [-0.15, -0.1) is 0 Å². The number of benzene rings is 7. The van der Waals surface area contributed by atoms with E-state index in [2.05, 4.69) is 282 Å². The lowest BCUT2D eigenvalue weighted by Gasteiger charge is -2.28. The molecule has 0 radical (unpaired) electrons. The van der Waals surface area contributed by atoms with Crippen molar-refractivity contribution in [2.75, 3.05) is 0 Å². The van der Waals surface area contributed by atoms with Crippen LogP contribution in [0.3, 0.4) is 0 Å². The molecule has 9 aromatic rings. The summed E-state index contributed by atoms with van der Waals surface area (Å²) in [7, 11) is 0. The van der Waals surface area contributed by atoms with Gasteiger partial charge in [0, 0.05) is 32.8 Å². The average molecular weight is 953 g/mol. The molecule has 2 heteroatoms. The van der Waals surface area contributed by atoms with Gasteiger partial charge in [0.15, 0.2) is 0 Å². The van der Waals surface area contributed by atoms with E-state index in [-0.39, 0.29) is 37.9 Å². The molecule has 2 aromatic heterocycles. The first-order valence-corrected chi connectivity index (χ1v) is 26.8. The molecule has 7 aromatic carbocycles. The summed E-state index contributed by atoms with van der Waals surface area (Å²) in [4.78, 5) is 0. The summed E-state index contributed by atoms with van der Waals surface area (Å²) in [5, 5.41) is 5.14. The lowest BCUT2D eigenvalue weighted by atomic mass is 9.78. The zero-order chi connectivity index (χ0) is 52.6. The predicted molar refractivity (Wildman–Crippen MR) is 317 cm³/mol. The SMILES string of the molecule is CC(C)(C)c1cc(-c2cc(-c3cc(C(C)(C)C)cc(C(C)(C)C)c3)cc(-n3c4ccccc4c4ccc(-n5c6ccc(C(C)(C)C)cc6c6cc(C(C)(C)C)ccc65)c(C(C)(C)C)c43)c2)cc(C(C)(C)C)c1. The Morgan fingerprint density at radius 3 is 1.03 bits per heavy atom. The fourth-order valence-electron chi connectivity index (χ4n) is 10.9. The standard InChI is InChI=1S/C70H84N2/c1-64(2,3)47-26-29-59-56(41-47)57-42-48(65(4,5)6)27-30-60(57)72(59)61-31-28-55-54-24-22-23-25-58(54)71(63(55)62(61)70(19,20)21)53-37-43(45-33-49(66(7,8)9)39-50(34-45)67(10,11)12)32-44(38-53)46-35-51(68(13,14)15)40-52(36-46)69(16,17)18/h22-42H,1-21H3. The van der Waals surface area contributed by atoms with Gasteiger partial charge < -0.3 is 9.13 Å². The molecule has 0 saturated heterocycles. The lowest BCUT2D eigenvalue weighted by molar-refractivity contribution is 0.568. The molecule has 0 aliphatic rings. The maximum absolute atomic E-state index is 2.63. The Bertz CT molecular complexity index is 3350. The largest absolute Gasteiger partial charge is 0.309 e. The van der Waals surface area contributed by atoms with Crippen molar-refractivity contribution < 1.29 is 0 Å². The van der Waals surface area contributed by atoms with Crippen LogP contribution in [0, 0.1) is 0 Å². The molecule has 9 rings (SSSR count). The van der Waals surface area contributed by atoms with Gasteiger partial charge in [-0.2, -0.15) is 0 Å². The van der Waals surface area contributed by atoms with Crippen LogP contribution in [0.2, 0.25) is 0 Å². The summed E-state index contributed by atoms with van der Waals surface area (Å²) in [6.45, 7) is 49.4. The van der Waals surface area contributed by atoms with E-state index in [1.807, 2.05) is 0 Å². The maximum atomic E-state index is 2.63. The van der Waals surface area contributed by atoms with E-state index in [9.17, 15) is 0 Å². The predicted octanol–water partition coefficient (Wildman–Crippen LogP) is 20.3. The molecule has 0 atom stereocenters. The van der Waals surface area contributed by atoms with Gasteiger partial charge in [0.05, 0.1) is 27.8 Å². The normalized spacial score (nSPS) is 13.6. The minimum absolute atomic E-state index is 0.0127. The monoisotopic (exact) mass is 953 g/mol. The van der Waals surface area contributed by atoms with Crippen molar-refractivity contribution in [3.63, 3.8) is 0 Å². The number of fused-ring (bicyclic) bond motifs is 6. The first-order chi connectivity index (χ1) is 33.1. The van der Waals surface area contributed by atoms with E-state index in [0.29, 0.717) is 0 Å². The van der Waals surface area contributed by atoms with E-state index in [1.54, 1.807) is 0 Å². The summed E-state index contributed by atoms with van der Waals surface area (Å²) in [6, 6.07) is 50.6. The zero-order valence-corrected chi connectivity index (χ0v) is 48.0. The van der Waals surface area contributed by atoms with Gasteiger partial charge >= 0.3 is 0 Å². The second kappa shape index (κ2) is 16.8. The summed E-state index contributed by atoms with van der Waals surface area (Å²) < 4.78 is 5.22. The third-order valence-corrected chi connectivity index (χ3v) is 15.5. The van der Waals surface area contributed by atoms with Crippen molar-refractivity contribution in [2.45, 2.75) is 183 Å². The van der Waals surface area contributed by atoms with Crippen molar-refractivity contribution in [3.8, 4) is 33.6 Å². The van der Waals surface area contributed by atoms with Gasteiger partial charge in [0.1, 0.15) is 0 Å². The van der Waals surface area contributed by atoms with Crippen LogP contribution in [-0.2, 0) is 37.9 Å². The van der Waals surface area contributed by atoms with Crippen LogP contribution in [0.5, 0.6) is 0 Å². The quantitative estimate of drug-likeness (QED) is 0.166. The number of para-hydroxylation sites is 1. The van der Waals surface area contributed by atoms with Crippen LogP contribution in [-0.4, -0.2) is 9.13 Å². The number of hydrogen-bond acceptors (Lipinski definition) is 0. The summed E-state index contributed by atoms with van der Waals surface area (Å²) in [5.74, 6) is 0. The highest BCUT2D eigenvalue weighted by atomic mass is 15.0. The van der Waals surface area contributed by atoms with E-state index in [0.717, 1.165) is 0 Å². The summed E-state index contributed by atoms with van der Waals surface area (Å²) >= 11 is 0. The minimum atomic E-state index is -0.258. The molecule has 0 N–H and O–H groups in total. The Morgan fingerprint density at radius 1 is 0.264 bits per heavy atom. The van der Waals surface area contributed by atoms with E-state index in [4.69, 9.17) is 0 Å². The van der Waals surface area contributed by atoms with Crippen LogP contribution in [0.4, 0.5) is 0 Å². The zero-order valence-electron chi connectivity index (χ0n) is 48.0. The van der Waals surface area contributed by atoms with Crippen LogP contribution in [0.1, 0.15) is 184 Å². The number of hydrogen-bond donors (Lipinski definition) is 0. The molecule has 0 spiro atoms. The van der Waals surface area contributed by atoms with E-state index in [1.165, 1.54) is 116 Å². The molecule has 374 valence electrons. The Morgan fingerprint density at radius 2 is 0.639 bits per heavy atom. The molecule has 0 amide bonds.